The number of nitrogens with zero attached hydrogens (tertiary/aromatic N) is 2. The van der Waals surface area contributed by atoms with E-state index in [1.54, 1.807) is 0 Å². The standard InChI is InChI=1S/C19H26N2O4S2/c1-4-13(5-2)18(22)20-19-21(14-7-9-15(10-8-14)25-6-3)16-11-27(23,24)12-17(16)26-19/h7-10,13,16-17H,4-6,11-12H2,1-3H3/t16-,17-/m1/s1. The molecule has 2 atom stereocenters. The van der Waals surface area contributed by atoms with E-state index in [1.807, 2.05) is 49.9 Å². The number of hydrogen-bond donors (Lipinski definition) is 0. The van der Waals surface area contributed by atoms with Gasteiger partial charge in [-0.3, -0.25) is 4.79 Å². The van der Waals surface area contributed by atoms with Crippen LogP contribution in [0.1, 0.15) is 33.6 Å². The Bertz CT molecular complexity index is 817. The average Bonchev–Trinajstić information content (AvgIpc) is 3.08. The molecule has 2 heterocycles. The minimum atomic E-state index is -3.07. The van der Waals surface area contributed by atoms with Gasteiger partial charge in [-0.2, -0.15) is 4.99 Å². The second-order valence-corrected chi connectivity index (χ2v) is 10.2. The number of amides is 1. The number of carbonyl (C=O) groups excluding carboxylic acids is 1. The summed E-state index contributed by atoms with van der Waals surface area (Å²) in [7, 11) is -3.07. The number of benzene rings is 1. The van der Waals surface area contributed by atoms with Crippen molar-refractivity contribution in [2.75, 3.05) is 23.0 Å². The summed E-state index contributed by atoms with van der Waals surface area (Å²) >= 11 is 1.41. The predicted molar refractivity (Wildman–Crippen MR) is 110 cm³/mol. The summed E-state index contributed by atoms with van der Waals surface area (Å²) in [5.41, 5.74) is 0.839. The first-order chi connectivity index (χ1) is 12.9. The van der Waals surface area contributed by atoms with Gasteiger partial charge in [0, 0.05) is 16.9 Å². The van der Waals surface area contributed by atoms with Crippen LogP contribution in [0.15, 0.2) is 29.3 Å². The normalized spacial score (nSPS) is 25.2. The van der Waals surface area contributed by atoms with Crippen LogP contribution in [0.4, 0.5) is 5.69 Å². The first-order valence-corrected chi connectivity index (χ1v) is 12.1. The van der Waals surface area contributed by atoms with Crippen molar-refractivity contribution in [2.45, 2.75) is 44.9 Å². The Balaban J connectivity index is 1.94. The second-order valence-electron chi connectivity index (χ2n) is 6.84. The number of anilines is 1. The summed E-state index contributed by atoms with van der Waals surface area (Å²) in [6.45, 7) is 6.48. The zero-order valence-corrected chi connectivity index (χ0v) is 17.6. The van der Waals surface area contributed by atoms with Crippen molar-refractivity contribution < 1.29 is 17.9 Å². The molecule has 0 unspecified atom stereocenters. The highest BCUT2D eigenvalue weighted by molar-refractivity contribution is 8.16. The minimum Gasteiger partial charge on any atom is -0.494 e. The number of carbonyl (C=O) groups is 1. The molecule has 0 aliphatic carbocycles. The third-order valence-corrected chi connectivity index (χ3v) is 8.24. The number of sulfone groups is 1. The summed E-state index contributed by atoms with van der Waals surface area (Å²) < 4.78 is 29.7. The van der Waals surface area contributed by atoms with Gasteiger partial charge in [-0.05, 0) is 44.0 Å². The van der Waals surface area contributed by atoms with E-state index in [0.717, 1.165) is 24.3 Å². The van der Waals surface area contributed by atoms with Gasteiger partial charge in [0.05, 0.1) is 24.2 Å². The Hall–Kier alpha value is -1.54. The molecule has 3 rings (SSSR count). The summed E-state index contributed by atoms with van der Waals surface area (Å²) in [6, 6.07) is 7.33. The van der Waals surface area contributed by atoms with E-state index < -0.39 is 9.84 Å². The van der Waals surface area contributed by atoms with Gasteiger partial charge in [0.2, 0.25) is 0 Å². The van der Waals surface area contributed by atoms with E-state index >= 15 is 0 Å². The lowest BCUT2D eigenvalue weighted by atomic mass is 10.0. The fourth-order valence-electron chi connectivity index (χ4n) is 3.56. The molecule has 0 aromatic heterocycles. The van der Waals surface area contributed by atoms with E-state index in [1.165, 1.54) is 11.8 Å². The fraction of sp³-hybridized carbons (Fsp3) is 0.579. The highest BCUT2D eigenvalue weighted by Gasteiger charge is 2.49. The van der Waals surface area contributed by atoms with Gasteiger partial charge in [0.1, 0.15) is 5.75 Å². The summed E-state index contributed by atoms with van der Waals surface area (Å²) in [5, 5.41) is 0.524. The Morgan fingerprint density at radius 3 is 2.48 bits per heavy atom. The molecule has 0 radical (unpaired) electrons. The topological polar surface area (TPSA) is 76.0 Å². The van der Waals surface area contributed by atoms with Crippen molar-refractivity contribution in [1.29, 1.82) is 0 Å². The number of hydrogen-bond acceptors (Lipinski definition) is 5. The average molecular weight is 411 g/mol. The van der Waals surface area contributed by atoms with E-state index in [-0.39, 0.29) is 34.6 Å². The van der Waals surface area contributed by atoms with Gasteiger partial charge < -0.3 is 9.64 Å². The van der Waals surface area contributed by atoms with Crippen LogP contribution in [0.5, 0.6) is 5.75 Å². The maximum atomic E-state index is 12.6. The van der Waals surface area contributed by atoms with Gasteiger partial charge in [-0.15, -0.1) is 0 Å². The Morgan fingerprint density at radius 2 is 1.89 bits per heavy atom. The van der Waals surface area contributed by atoms with Crippen LogP contribution in [0.25, 0.3) is 0 Å². The molecule has 8 heteroatoms. The third-order valence-electron chi connectivity index (χ3n) is 5.03. The lowest BCUT2D eigenvalue weighted by molar-refractivity contribution is -0.121. The highest BCUT2D eigenvalue weighted by atomic mass is 32.2. The lowest BCUT2D eigenvalue weighted by Crippen LogP contribution is -2.37. The van der Waals surface area contributed by atoms with Crippen LogP contribution in [0, 0.1) is 5.92 Å². The smallest absolute Gasteiger partial charge is 0.251 e. The zero-order chi connectivity index (χ0) is 19.6. The molecular formula is C19H26N2O4S2. The van der Waals surface area contributed by atoms with Crippen LogP contribution in [0.3, 0.4) is 0 Å². The number of thioether (sulfide) groups is 1. The molecule has 0 bridgehead atoms. The lowest BCUT2D eigenvalue weighted by Gasteiger charge is -2.25. The van der Waals surface area contributed by atoms with Crippen LogP contribution in [-0.2, 0) is 14.6 Å². The molecule has 0 N–H and O–H groups in total. The van der Waals surface area contributed by atoms with E-state index in [0.29, 0.717) is 11.8 Å². The maximum Gasteiger partial charge on any atom is 0.251 e. The number of ether oxygens (including phenoxy) is 1. The van der Waals surface area contributed by atoms with Gasteiger partial charge in [0.25, 0.3) is 5.91 Å². The molecule has 2 aliphatic heterocycles. The number of rotatable bonds is 6. The molecule has 1 amide bonds. The van der Waals surface area contributed by atoms with Gasteiger partial charge in [0.15, 0.2) is 15.0 Å². The molecule has 6 nitrogen and oxygen atoms in total. The summed E-state index contributed by atoms with van der Waals surface area (Å²) in [6.07, 6.45) is 1.50. The van der Waals surface area contributed by atoms with E-state index in [2.05, 4.69) is 4.99 Å². The molecule has 148 valence electrons. The van der Waals surface area contributed by atoms with Gasteiger partial charge in [-0.1, -0.05) is 25.6 Å². The van der Waals surface area contributed by atoms with Crippen molar-refractivity contribution >= 4 is 38.4 Å². The van der Waals surface area contributed by atoms with E-state index in [4.69, 9.17) is 4.74 Å². The largest absolute Gasteiger partial charge is 0.494 e. The third kappa shape index (κ3) is 4.32. The molecule has 1 aromatic rings. The molecule has 0 saturated carbocycles. The zero-order valence-electron chi connectivity index (χ0n) is 15.9. The van der Waals surface area contributed by atoms with Gasteiger partial charge >= 0.3 is 0 Å². The molecule has 0 spiro atoms. The summed E-state index contributed by atoms with van der Waals surface area (Å²) in [5.74, 6) is 0.769. The predicted octanol–water partition coefficient (Wildman–Crippen LogP) is 3.12. The molecule has 2 aliphatic rings. The molecule has 2 saturated heterocycles. The van der Waals surface area contributed by atoms with Crippen LogP contribution >= 0.6 is 11.8 Å². The fourth-order valence-corrected chi connectivity index (χ4v) is 7.48. The first kappa shape index (κ1) is 20.2. The van der Waals surface area contributed by atoms with Crippen molar-refractivity contribution in [3.8, 4) is 5.75 Å². The highest BCUT2D eigenvalue weighted by Crippen LogP contribution is 2.41. The van der Waals surface area contributed by atoms with E-state index in [9.17, 15) is 13.2 Å². The SMILES string of the molecule is CCOc1ccc(N2C(=NC(=O)C(CC)CC)S[C@@H]3CS(=O)(=O)C[C@H]32)cc1. The number of aliphatic imine (C=N–C) groups is 1. The first-order valence-electron chi connectivity index (χ1n) is 9.40. The Kier molecular flexibility index (Phi) is 6.15. The molecular weight excluding hydrogens is 384 g/mol. The van der Waals surface area contributed by atoms with Crippen LogP contribution < -0.4 is 9.64 Å². The van der Waals surface area contributed by atoms with Crippen molar-refractivity contribution in [3.05, 3.63) is 24.3 Å². The Morgan fingerprint density at radius 1 is 1.22 bits per heavy atom. The van der Waals surface area contributed by atoms with Crippen molar-refractivity contribution in [3.63, 3.8) is 0 Å². The number of amidine groups is 1. The number of fused-ring (bicyclic) bond motifs is 1. The minimum absolute atomic E-state index is 0.0881. The van der Waals surface area contributed by atoms with Crippen molar-refractivity contribution in [2.24, 2.45) is 10.9 Å². The maximum absolute atomic E-state index is 12.6. The van der Waals surface area contributed by atoms with Crippen LogP contribution in [-0.4, -0.2) is 48.9 Å². The molecule has 27 heavy (non-hydrogen) atoms. The summed E-state index contributed by atoms with van der Waals surface area (Å²) in [4.78, 5) is 18.9. The monoisotopic (exact) mass is 410 g/mol. The molecule has 1 aromatic carbocycles. The second kappa shape index (κ2) is 8.22. The van der Waals surface area contributed by atoms with Crippen LogP contribution in [0.2, 0.25) is 0 Å². The quantitative estimate of drug-likeness (QED) is 0.717. The van der Waals surface area contributed by atoms with Crippen molar-refractivity contribution in [1.82, 2.24) is 0 Å². The van der Waals surface area contributed by atoms with Gasteiger partial charge in [-0.25, -0.2) is 8.42 Å². The Labute approximate surface area is 165 Å². The molecule has 2 fully saturated rings.